The third-order valence-corrected chi connectivity index (χ3v) is 12.0. The summed E-state index contributed by atoms with van der Waals surface area (Å²) in [5.74, 6) is 1.71. The molecular formula is C34H50O4Si. The van der Waals surface area contributed by atoms with E-state index in [0.717, 1.165) is 18.6 Å². The van der Waals surface area contributed by atoms with Crippen LogP contribution in [0.15, 0.2) is 60.7 Å². The number of unbranched alkanes of at least 4 members (excludes halogenated alkanes) is 1. The molecule has 0 amide bonds. The summed E-state index contributed by atoms with van der Waals surface area (Å²) in [4.78, 5) is 11.5. The number of rotatable bonds is 15. The molecule has 39 heavy (non-hydrogen) atoms. The lowest BCUT2D eigenvalue weighted by molar-refractivity contribution is -0.140. The SMILES string of the molecule is C=C(C)C(=O)OCC(CO)CCCOc1ccc(C2CCC(c3ccc([Si](C)(C)CCCC)cc3)CC2)cc1. The van der Waals surface area contributed by atoms with Crippen molar-refractivity contribution < 1.29 is 19.4 Å². The second-order valence-electron chi connectivity index (χ2n) is 12.1. The highest BCUT2D eigenvalue weighted by molar-refractivity contribution is 6.89. The maximum absolute atomic E-state index is 11.5. The Morgan fingerprint density at radius 3 is 2.05 bits per heavy atom. The van der Waals surface area contributed by atoms with Crippen LogP contribution >= 0.6 is 0 Å². The van der Waals surface area contributed by atoms with E-state index in [4.69, 9.17) is 9.47 Å². The molecule has 0 heterocycles. The molecule has 1 aliphatic rings. The zero-order chi connectivity index (χ0) is 28.3. The van der Waals surface area contributed by atoms with Crippen LogP contribution in [0.5, 0.6) is 5.75 Å². The van der Waals surface area contributed by atoms with Gasteiger partial charge in [0, 0.05) is 18.1 Å². The van der Waals surface area contributed by atoms with Crippen molar-refractivity contribution in [2.24, 2.45) is 5.92 Å². The van der Waals surface area contributed by atoms with E-state index in [1.165, 1.54) is 55.7 Å². The molecule has 2 aromatic carbocycles. The molecule has 0 aliphatic heterocycles. The third kappa shape index (κ3) is 9.65. The first-order valence-corrected chi connectivity index (χ1v) is 18.2. The van der Waals surface area contributed by atoms with E-state index in [1.807, 2.05) is 0 Å². The number of carbonyl (C=O) groups excluding carboxylic acids is 1. The molecule has 0 aromatic heterocycles. The van der Waals surface area contributed by atoms with Crippen LogP contribution in [-0.2, 0) is 9.53 Å². The molecule has 3 rings (SSSR count). The van der Waals surface area contributed by atoms with Gasteiger partial charge in [-0.15, -0.1) is 0 Å². The van der Waals surface area contributed by atoms with Crippen molar-refractivity contribution in [3.63, 3.8) is 0 Å². The lowest BCUT2D eigenvalue weighted by atomic mass is 9.76. The zero-order valence-electron chi connectivity index (χ0n) is 24.7. The summed E-state index contributed by atoms with van der Waals surface area (Å²) in [5, 5.41) is 11.1. The Balaban J connectivity index is 1.40. The van der Waals surface area contributed by atoms with Gasteiger partial charge in [0.15, 0.2) is 0 Å². The van der Waals surface area contributed by atoms with Gasteiger partial charge in [0.25, 0.3) is 0 Å². The van der Waals surface area contributed by atoms with Gasteiger partial charge >= 0.3 is 5.97 Å². The molecule has 0 bridgehead atoms. The summed E-state index contributed by atoms with van der Waals surface area (Å²) in [7, 11) is -1.30. The fraction of sp³-hybridized carbons (Fsp3) is 0.559. The quantitative estimate of drug-likeness (QED) is 0.107. The van der Waals surface area contributed by atoms with Crippen LogP contribution in [0.4, 0.5) is 0 Å². The summed E-state index contributed by atoms with van der Waals surface area (Å²) in [6, 6.07) is 19.7. The number of aliphatic hydroxyl groups excluding tert-OH is 1. The molecule has 1 atom stereocenters. The van der Waals surface area contributed by atoms with Crippen LogP contribution in [0.25, 0.3) is 0 Å². The van der Waals surface area contributed by atoms with E-state index in [-0.39, 0.29) is 19.1 Å². The Hall–Kier alpha value is -2.37. The summed E-state index contributed by atoms with van der Waals surface area (Å²) in [6.45, 7) is 13.3. The Morgan fingerprint density at radius 2 is 1.54 bits per heavy atom. The number of esters is 1. The molecule has 1 N–H and O–H groups in total. The monoisotopic (exact) mass is 550 g/mol. The van der Waals surface area contributed by atoms with Gasteiger partial charge < -0.3 is 14.6 Å². The van der Waals surface area contributed by atoms with Crippen LogP contribution in [0, 0.1) is 5.92 Å². The topological polar surface area (TPSA) is 55.8 Å². The maximum atomic E-state index is 11.5. The van der Waals surface area contributed by atoms with Gasteiger partial charge in [-0.25, -0.2) is 4.79 Å². The van der Waals surface area contributed by atoms with Crippen LogP contribution < -0.4 is 9.92 Å². The first-order valence-electron chi connectivity index (χ1n) is 15.0. The molecule has 4 nitrogen and oxygen atoms in total. The minimum atomic E-state index is -1.30. The lowest BCUT2D eigenvalue weighted by Crippen LogP contribution is -2.40. The summed E-state index contributed by atoms with van der Waals surface area (Å²) >= 11 is 0. The van der Waals surface area contributed by atoms with Crippen molar-refractivity contribution in [2.75, 3.05) is 19.8 Å². The molecule has 5 heteroatoms. The van der Waals surface area contributed by atoms with Gasteiger partial charge in [-0.05, 0) is 80.5 Å². The van der Waals surface area contributed by atoms with Crippen molar-refractivity contribution in [3.05, 3.63) is 71.8 Å². The van der Waals surface area contributed by atoms with E-state index in [9.17, 15) is 9.90 Å². The highest BCUT2D eigenvalue weighted by Crippen LogP contribution is 2.40. The van der Waals surface area contributed by atoms with E-state index >= 15 is 0 Å². The van der Waals surface area contributed by atoms with E-state index < -0.39 is 14.0 Å². The molecule has 1 unspecified atom stereocenters. The van der Waals surface area contributed by atoms with E-state index in [1.54, 1.807) is 12.1 Å². The minimum Gasteiger partial charge on any atom is -0.494 e. The average molecular weight is 551 g/mol. The molecule has 0 saturated heterocycles. The molecule has 1 saturated carbocycles. The number of hydrogen-bond acceptors (Lipinski definition) is 4. The van der Waals surface area contributed by atoms with E-state index in [2.05, 4.69) is 75.1 Å². The Morgan fingerprint density at radius 1 is 0.974 bits per heavy atom. The molecule has 1 aliphatic carbocycles. The number of carbonyl (C=O) groups is 1. The number of benzene rings is 2. The summed E-state index contributed by atoms with van der Waals surface area (Å²) in [5.41, 5.74) is 3.32. The van der Waals surface area contributed by atoms with Crippen molar-refractivity contribution in [3.8, 4) is 5.75 Å². The molecule has 2 aromatic rings. The Labute approximate surface area is 237 Å². The Kier molecular flexibility index (Phi) is 12.3. The van der Waals surface area contributed by atoms with Crippen molar-refractivity contribution in [1.82, 2.24) is 0 Å². The van der Waals surface area contributed by atoms with Crippen molar-refractivity contribution in [2.45, 2.75) is 96.2 Å². The maximum Gasteiger partial charge on any atom is 0.333 e. The van der Waals surface area contributed by atoms with Crippen LogP contribution in [0.3, 0.4) is 0 Å². The smallest absolute Gasteiger partial charge is 0.333 e. The van der Waals surface area contributed by atoms with Crippen LogP contribution in [-0.4, -0.2) is 39.0 Å². The van der Waals surface area contributed by atoms with Crippen LogP contribution in [0.1, 0.15) is 88.2 Å². The van der Waals surface area contributed by atoms with Gasteiger partial charge in [-0.1, -0.05) is 87.1 Å². The highest BCUT2D eigenvalue weighted by atomic mass is 28.3. The Bertz CT molecular complexity index is 1020. The third-order valence-electron chi connectivity index (χ3n) is 8.48. The predicted molar refractivity (Wildman–Crippen MR) is 165 cm³/mol. The van der Waals surface area contributed by atoms with E-state index in [0.29, 0.717) is 24.0 Å². The van der Waals surface area contributed by atoms with Gasteiger partial charge in [0.1, 0.15) is 5.75 Å². The fourth-order valence-corrected chi connectivity index (χ4v) is 8.27. The second-order valence-corrected chi connectivity index (χ2v) is 17.0. The number of ether oxygens (including phenoxy) is 2. The average Bonchev–Trinajstić information content (AvgIpc) is 2.96. The summed E-state index contributed by atoms with van der Waals surface area (Å²) in [6.07, 6.45) is 9.16. The van der Waals surface area contributed by atoms with Gasteiger partial charge in [0.2, 0.25) is 0 Å². The molecule has 1 fully saturated rings. The number of aliphatic hydroxyl groups is 1. The van der Waals surface area contributed by atoms with Gasteiger partial charge in [0.05, 0.1) is 21.3 Å². The molecule has 214 valence electrons. The zero-order valence-corrected chi connectivity index (χ0v) is 25.7. The minimum absolute atomic E-state index is 0.00943. The standard InChI is InChI=1S/C34H50O4Si/c1-6-7-23-39(4,5)33-20-16-31(17-21-33)29-12-10-28(11-13-29)30-14-18-32(19-15-30)37-22-8-9-27(24-35)25-38-34(36)26(2)3/h14-21,27-29,35H,2,6-13,22-25H2,1,3-5H3. The normalized spacial score (nSPS) is 18.4. The largest absolute Gasteiger partial charge is 0.494 e. The predicted octanol–water partition coefficient (Wildman–Crippen LogP) is 7.73. The summed E-state index contributed by atoms with van der Waals surface area (Å²) < 4.78 is 11.1. The van der Waals surface area contributed by atoms with Gasteiger partial charge in [-0.2, -0.15) is 0 Å². The number of hydrogen-bond donors (Lipinski definition) is 1. The highest BCUT2D eigenvalue weighted by Gasteiger charge is 2.26. The molecular weight excluding hydrogens is 500 g/mol. The lowest BCUT2D eigenvalue weighted by Gasteiger charge is -2.30. The first-order chi connectivity index (χ1) is 18.7. The molecule has 0 radical (unpaired) electrons. The molecule has 0 spiro atoms. The second kappa shape index (κ2) is 15.4. The van der Waals surface area contributed by atoms with Gasteiger partial charge in [-0.3, -0.25) is 0 Å². The van der Waals surface area contributed by atoms with Crippen molar-refractivity contribution >= 4 is 19.2 Å². The fourth-order valence-electron chi connectivity index (χ4n) is 5.67. The van der Waals surface area contributed by atoms with Crippen LogP contribution in [0.2, 0.25) is 19.1 Å². The van der Waals surface area contributed by atoms with Crippen molar-refractivity contribution in [1.29, 1.82) is 0 Å². The first kappa shape index (κ1) is 31.2.